The second kappa shape index (κ2) is 8.89. The van der Waals surface area contributed by atoms with Crippen molar-refractivity contribution in [3.8, 4) is 0 Å². The zero-order chi connectivity index (χ0) is 16.9. The molecule has 0 aromatic heterocycles. The number of rotatable bonds is 7. The molecule has 0 saturated heterocycles. The van der Waals surface area contributed by atoms with Crippen LogP contribution >= 0.6 is 0 Å². The molecule has 3 N–H and O–H groups in total. The topological polar surface area (TPSA) is 72.2 Å². The summed E-state index contributed by atoms with van der Waals surface area (Å²) in [5.41, 5.74) is 9.47. The fourth-order valence-electron chi connectivity index (χ4n) is 2.92. The Morgan fingerprint density at radius 3 is 1.91 bits per heavy atom. The SMILES string of the molecule is CC[N+](CC)(CC(N)=O)CC(=O)Nc1c(C)cc(C)cc1C.[Cl-]. The van der Waals surface area contributed by atoms with E-state index >= 15 is 0 Å². The van der Waals surface area contributed by atoms with E-state index in [0.29, 0.717) is 17.6 Å². The van der Waals surface area contributed by atoms with E-state index in [1.165, 1.54) is 5.56 Å². The van der Waals surface area contributed by atoms with Crippen molar-refractivity contribution in [3.05, 3.63) is 28.8 Å². The van der Waals surface area contributed by atoms with E-state index in [0.717, 1.165) is 16.8 Å². The molecule has 2 amide bonds. The van der Waals surface area contributed by atoms with Gasteiger partial charge in [0, 0.05) is 5.69 Å². The van der Waals surface area contributed by atoms with Gasteiger partial charge in [0.2, 0.25) is 0 Å². The Labute approximate surface area is 145 Å². The fourth-order valence-corrected chi connectivity index (χ4v) is 2.92. The molecule has 0 spiro atoms. The molecule has 1 aromatic carbocycles. The zero-order valence-corrected chi connectivity index (χ0v) is 15.5. The van der Waals surface area contributed by atoms with Crippen LogP contribution < -0.4 is 23.5 Å². The Bertz CT molecular complexity index is 546. The summed E-state index contributed by atoms with van der Waals surface area (Å²) in [6.45, 7) is 11.8. The molecule has 0 aliphatic heterocycles. The summed E-state index contributed by atoms with van der Waals surface area (Å²) < 4.78 is 0.380. The van der Waals surface area contributed by atoms with Crippen LogP contribution in [0.15, 0.2) is 12.1 Å². The number of halogens is 1. The minimum absolute atomic E-state index is 0. The predicted octanol–water partition coefficient (Wildman–Crippen LogP) is -1.10. The summed E-state index contributed by atoms with van der Waals surface area (Å²) in [5.74, 6) is -0.459. The minimum atomic E-state index is -0.376. The molecule has 5 nitrogen and oxygen atoms in total. The number of hydrogen-bond acceptors (Lipinski definition) is 2. The Kier molecular flexibility index (Phi) is 8.28. The summed E-state index contributed by atoms with van der Waals surface area (Å²) in [5, 5.41) is 3.00. The molecule has 6 heteroatoms. The highest BCUT2D eigenvalue weighted by atomic mass is 35.5. The van der Waals surface area contributed by atoms with Gasteiger partial charge >= 0.3 is 0 Å². The highest BCUT2D eigenvalue weighted by Gasteiger charge is 2.29. The number of aryl methyl sites for hydroxylation is 3. The zero-order valence-electron chi connectivity index (χ0n) is 14.7. The predicted molar refractivity (Wildman–Crippen MR) is 89.6 cm³/mol. The summed E-state index contributed by atoms with van der Waals surface area (Å²) in [6, 6.07) is 4.10. The van der Waals surface area contributed by atoms with E-state index in [-0.39, 0.29) is 37.3 Å². The normalized spacial score (nSPS) is 10.8. The lowest BCUT2D eigenvalue weighted by Crippen LogP contribution is -3.00. The van der Waals surface area contributed by atoms with Crippen LogP contribution in [0.3, 0.4) is 0 Å². The molecule has 0 radical (unpaired) electrons. The van der Waals surface area contributed by atoms with Gasteiger partial charge in [0.1, 0.15) is 0 Å². The molecule has 0 bridgehead atoms. The number of anilines is 1. The van der Waals surface area contributed by atoms with Gasteiger partial charge in [0.25, 0.3) is 11.8 Å². The Hall–Kier alpha value is -1.59. The first kappa shape index (κ1) is 21.4. The molecule has 0 aliphatic carbocycles. The largest absolute Gasteiger partial charge is 1.00 e. The number of primary amides is 1. The average molecular weight is 342 g/mol. The smallest absolute Gasteiger partial charge is 0.279 e. The Morgan fingerprint density at radius 2 is 1.52 bits per heavy atom. The minimum Gasteiger partial charge on any atom is -1.00 e. The molecule has 23 heavy (non-hydrogen) atoms. The van der Waals surface area contributed by atoms with Gasteiger partial charge in [-0.1, -0.05) is 17.7 Å². The number of quaternary nitrogens is 1. The molecule has 0 atom stereocenters. The highest BCUT2D eigenvalue weighted by Crippen LogP contribution is 2.22. The van der Waals surface area contributed by atoms with E-state index in [2.05, 4.69) is 5.32 Å². The molecule has 0 unspecified atom stereocenters. The van der Waals surface area contributed by atoms with E-state index in [1.807, 2.05) is 46.8 Å². The van der Waals surface area contributed by atoms with Gasteiger partial charge in [0.05, 0.1) is 13.1 Å². The lowest BCUT2D eigenvalue weighted by molar-refractivity contribution is -0.909. The third kappa shape index (κ3) is 5.84. The third-order valence-electron chi connectivity index (χ3n) is 4.25. The number of carbonyl (C=O) groups is 2. The third-order valence-corrected chi connectivity index (χ3v) is 4.25. The molecule has 130 valence electrons. The first-order chi connectivity index (χ1) is 10.2. The summed E-state index contributed by atoms with van der Waals surface area (Å²) >= 11 is 0. The van der Waals surface area contributed by atoms with Crippen molar-refractivity contribution < 1.29 is 26.5 Å². The molecule has 0 saturated carbocycles. The highest BCUT2D eigenvalue weighted by molar-refractivity contribution is 5.93. The molecule has 0 aliphatic rings. The van der Waals surface area contributed by atoms with Gasteiger partial charge in [-0.2, -0.15) is 0 Å². The van der Waals surface area contributed by atoms with Crippen LogP contribution in [0.5, 0.6) is 0 Å². The monoisotopic (exact) mass is 341 g/mol. The van der Waals surface area contributed by atoms with Crippen LogP contribution in [0.25, 0.3) is 0 Å². The number of carbonyl (C=O) groups excluding carboxylic acids is 2. The molecular formula is C17H28ClN3O2. The Morgan fingerprint density at radius 1 is 1.04 bits per heavy atom. The molecule has 1 rings (SSSR count). The van der Waals surface area contributed by atoms with Crippen molar-refractivity contribution in [2.45, 2.75) is 34.6 Å². The number of nitrogens with zero attached hydrogens (tertiary/aromatic N) is 1. The van der Waals surface area contributed by atoms with E-state index in [4.69, 9.17) is 5.73 Å². The maximum Gasteiger partial charge on any atom is 0.279 e. The van der Waals surface area contributed by atoms with Gasteiger partial charge in [-0.3, -0.25) is 9.59 Å². The quantitative estimate of drug-likeness (QED) is 0.618. The summed E-state index contributed by atoms with van der Waals surface area (Å²) in [7, 11) is 0. The first-order valence-electron chi connectivity index (χ1n) is 7.74. The van der Waals surface area contributed by atoms with Crippen LogP contribution in [0.4, 0.5) is 5.69 Å². The van der Waals surface area contributed by atoms with Crippen LogP contribution in [0.2, 0.25) is 0 Å². The van der Waals surface area contributed by atoms with Gasteiger partial charge in [-0.15, -0.1) is 0 Å². The molecule has 1 aromatic rings. The van der Waals surface area contributed by atoms with Gasteiger partial charge in [-0.05, 0) is 45.7 Å². The standard InChI is InChI=1S/C17H27N3O2.ClH/c1-6-20(7-2,10-15(18)21)11-16(22)19-17-13(4)8-12(3)9-14(17)5;/h8-9H,6-7,10-11H2,1-5H3,(H2-,18,19,21,22);1H. The van der Waals surface area contributed by atoms with Gasteiger partial charge < -0.3 is 27.9 Å². The second-order valence-electron chi connectivity index (χ2n) is 6.08. The molecule has 0 fully saturated rings. The van der Waals surface area contributed by atoms with Crippen molar-refractivity contribution in [3.63, 3.8) is 0 Å². The lowest BCUT2D eigenvalue weighted by Gasteiger charge is -2.34. The first-order valence-corrected chi connectivity index (χ1v) is 7.74. The maximum absolute atomic E-state index is 12.4. The van der Waals surface area contributed by atoms with Crippen LogP contribution in [0.1, 0.15) is 30.5 Å². The van der Waals surface area contributed by atoms with Crippen molar-refractivity contribution in [2.24, 2.45) is 5.73 Å². The summed E-state index contributed by atoms with van der Waals surface area (Å²) in [4.78, 5) is 23.7. The number of hydrogen-bond donors (Lipinski definition) is 2. The number of amides is 2. The van der Waals surface area contributed by atoms with E-state index in [9.17, 15) is 9.59 Å². The van der Waals surface area contributed by atoms with Crippen LogP contribution in [-0.2, 0) is 9.59 Å². The number of nitrogens with one attached hydrogen (secondary N) is 1. The summed E-state index contributed by atoms with van der Waals surface area (Å²) in [6.07, 6.45) is 0. The fraction of sp³-hybridized carbons (Fsp3) is 0.529. The maximum atomic E-state index is 12.4. The van der Waals surface area contributed by atoms with Crippen molar-refractivity contribution in [1.82, 2.24) is 0 Å². The number of benzene rings is 1. The van der Waals surface area contributed by atoms with E-state index < -0.39 is 0 Å². The van der Waals surface area contributed by atoms with Gasteiger partial charge in [-0.25, -0.2) is 0 Å². The van der Waals surface area contributed by atoms with Crippen molar-refractivity contribution >= 4 is 17.5 Å². The van der Waals surface area contributed by atoms with Gasteiger partial charge in [0.15, 0.2) is 13.1 Å². The Balaban J connectivity index is 0.00000484. The average Bonchev–Trinajstić information content (AvgIpc) is 2.41. The molecular weight excluding hydrogens is 314 g/mol. The van der Waals surface area contributed by atoms with Crippen LogP contribution in [-0.4, -0.2) is 42.5 Å². The lowest BCUT2D eigenvalue weighted by atomic mass is 10.1. The number of nitrogens with two attached hydrogens (primary N) is 1. The van der Waals surface area contributed by atoms with E-state index in [1.54, 1.807) is 0 Å². The van der Waals surface area contributed by atoms with Crippen molar-refractivity contribution in [1.29, 1.82) is 0 Å². The van der Waals surface area contributed by atoms with Crippen LogP contribution in [0, 0.1) is 20.8 Å². The molecule has 0 heterocycles. The second-order valence-corrected chi connectivity index (χ2v) is 6.08. The van der Waals surface area contributed by atoms with Crippen molar-refractivity contribution in [2.75, 3.05) is 31.5 Å². The number of likely N-dealkylation sites (N-methyl/N-ethyl adjacent to an activating group) is 1.